The fraction of sp³-hybridized carbons (Fsp3) is 0.769. The van der Waals surface area contributed by atoms with Crippen LogP contribution in [0.3, 0.4) is 0 Å². The van der Waals surface area contributed by atoms with Crippen molar-refractivity contribution in [2.24, 2.45) is 5.73 Å². The number of rotatable bonds is 7. The lowest BCUT2D eigenvalue weighted by atomic mass is 10.3. The molecule has 0 aromatic heterocycles. The molecule has 0 saturated carbocycles. The zero-order valence-electron chi connectivity index (χ0n) is 12.6. The van der Waals surface area contributed by atoms with Crippen LogP contribution in [0.5, 0.6) is 0 Å². The van der Waals surface area contributed by atoms with Crippen molar-refractivity contribution in [1.82, 2.24) is 15.1 Å². The predicted molar refractivity (Wildman–Crippen MR) is 84.0 cm³/mol. The van der Waals surface area contributed by atoms with Crippen molar-refractivity contribution in [3.05, 3.63) is 0 Å². The molecule has 1 atom stereocenters. The minimum Gasteiger partial charge on any atom is -0.453 e. The maximum absolute atomic E-state index is 11.9. The molecule has 0 aromatic rings. The van der Waals surface area contributed by atoms with Crippen molar-refractivity contribution in [1.29, 1.82) is 0 Å². The Hall–Kier alpha value is -1.41. The summed E-state index contributed by atoms with van der Waals surface area (Å²) in [6.45, 7) is 2.87. The minimum atomic E-state index is -0.407. The molecule has 1 rings (SSSR count). The van der Waals surface area contributed by atoms with E-state index in [1.807, 2.05) is 0 Å². The first-order valence-corrected chi connectivity index (χ1v) is 7.42. The highest BCUT2D eigenvalue weighted by atomic mass is 32.1. The zero-order chi connectivity index (χ0) is 15.8. The van der Waals surface area contributed by atoms with Crippen LogP contribution < -0.4 is 11.1 Å². The lowest BCUT2D eigenvalue weighted by Gasteiger charge is -2.20. The van der Waals surface area contributed by atoms with E-state index in [0.29, 0.717) is 30.9 Å². The number of nitrogens with two attached hydrogens (primary N) is 1. The van der Waals surface area contributed by atoms with Crippen LogP contribution in [0.2, 0.25) is 0 Å². The minimum absolute atomic E-state index is 0.0793. The lowest BCUT2D eigenvalue weighted by Crippen LogP contribution is -2.38. The lowest BCUT2D eigenvalue weighted by molar-refractivity contribution is -0.130. The van der Waals surface area contributed by atoms with Gasteiger partial charge in [0.1, 0.15) is 0 Å². The monoisotopic (exact) mass is 316 g/mol. The van der Waals surface area contributed by atoms with Crippen molar-refractivity contribution in [3.63, 3.8) is 0 Å². The number of likely N-dealkylation sites (tertiary alicyclic amines) is 1. The molecule has 0 radical (unpaired) electrons. The van der Waals surface area contributed by atoms with Gasteiger partial charge in [0, 0.05) is 52.1 Å². The number of ether oxygens (including phenoxy) is 1. The molecule has 0 aromatic carbocycles. The highest BCUT2D eigenvalue weighted by Crippen LogP contribution is 2.10. The van der Waals surface area contributed by atoms with Gasteiger partial charge in [-0.25, -0.2) is 4.79 Å². The molecule has 1 heterocycles. The first kappa shape index (κ1) is 17.6. The highest BCUT2D eigenvalue weighted by molar-refractivity contribution is 7.80. The fourth-order valence-electron chi connectivity index (χ4n) is 2.23. The second kappa shape index (κ2) is 8.78. The summed E-state index contributed by atoms with van der Waals surface area (Å²) in [5.41, 5.74) is 5.42. The summed E-state index contributed by atoms with van der Waals surface area (Å²) in [5.74, 6) is 0.0793. The van der Waals surface area contributed by atoms with Crippen LogP contribution in [0.25, 0.3) is 0 Å². The Morgan fingerprint density at radius 1 is 1.48 bits per heavy atom. The summed E-state index contributed by atoms with van der Waals surface area (Å²) in [4.78, 5) is 27.3. The van der Waals surface area contributed by atoms with Crippen LogP contribution in [0, 0.1) is 0 Å². The summed E-state index contributed by atoms with van der Waals surface area (Å²) in [6, 6.07) is 0.0971. The van der Waals surface area contributed by atoms with Gasteiger partial charge in [-0.2, -0.15) is 0 Å². The topological polar surface area (TPSA) is 87.9 Å². The van der Waals surface area contributed by atoms with Crippen LogP contribution in [-0.2, 0) is 9.53 Å². The summed E-state index contributed by atoms with van der Waals surface area (Å²) < 4.78 is 4.57. The standard InChI is InChI=1S/C13H24N4O3S/c1-16(6-4-11(14)21)12(18)5-8-17-7-3-10(9-17)15-13(19)20-2/h10H,3-9H2,1-2H3,(H2,14,21)(H,15,19). The van der Waals surface area contributed by atoms with E-state index < -0.39 is 6.09 Å². The Labute approximate surface area is 130 Å². The normalized spacial score (nSPS) is 18.3. The van der Waals surface area contributed by atoms with Gasteiger partial charge < -0.3 is 25.6 Å². The first-order valence-electron chi connectivity index (χ1n) is 7.01. The third-order valence-electron chi connectivity index (χ3n) is 3.54. The molecule has 0 bridgehead atoms. The van der Waals surface area contributed by atoms with Gasteiger partial charge in [-0.1, -0.05) is 12.2 Å². The molecule has 1 aliphatic heterocycles. The number of methoxy groups -OCH3 is 1. The maximum Gasteiger partial charge on any atom is 0.407 e. The van der Waals surface area contributed by atoms with Crippen LogP contribution in [0.15, 0.2) is 0 Å². The van der Waals surface area contributed by atoms with Crippen molar-refractivity contribution >= 4 is 29.2 Å². The predicted octanol–water partition coefficient (Wildman–Crippen LogP) is -0.0586. The molecule has 120 valence electrons. The van der Waals surface area contributed by atoms with E-state index in [1.165, 1.54) is 7.11 Å². The van der Waals surface area contributed by atoms with Gasteiger partial charge >= 0.3 is 6.09 Å². The summed E-state index contributed by atoms with van der Waals surface area (Å²) >= 11 is 4.80. The van der Waals surface area contributed by atoms with Crippen LogP contribution in [-0.4, -0.2) is 73.2 Å². The average molecular weight is 316 g/mol. The van der Waals surface area contributed by atoms with Gasteiger partial charge in [-0.3, -0.25) is 4.79 Å². The van der Waals surface area contributed by atoms with Crippen LogP contribution in [0.4, 0.5) is 4.79 Å². The molecule has 7 nitrogen and oxygen atoms in total. The number of nitrogens with one attached hydrogen (secondary N) is 1. The van der Waals surface area contributed by atoms with Gasteiger partial charge in [0.05, 0.1) is 12.1 Å². The summed E-state index contributed by atoms with van der Waals surface area (Å²) in [5, 5.41) is 2.78. The molecule has 1 aliphatic rings. The number of thiocarbonyl (C=S) groups is 1. The van der Waals surface area contributed by atoms with E-state index in [-0.39, 0.29) is 11.9 Å². The molecule has 2 amide bonds. The van der Waals surface area contributed by atoms with Crippen molar-refractivity contribution in [2.75, 3.05) is 40.3 Å². The first-order chi connectivity index (χ1) is 9.92. The van der Waals surface area contributed by atoms with Gasteiger partial charge in [-0.05, 0) is 6.42 Å². The molecular weight excluding hydrogens is 292 g/mol. The van der Waals surface area contributed by atoms with Crippen LogP contribution in [0.1, 0.15) is 19.3 Å². The second-order valence-corrected chi connectivity index (χ2v) is 5.73. The van der Waals surface area contributed by atoms with E-state index in [4.69, 9.17) is 18.0 Å². The Balaban J connectivity index is 2.22. The SMILES string of the molecule is COC(=O)NC1CCN(CCC(=O)N(C)CCC(N)=S)C1. The Bertz CT molecular complexity index is 392. The molecule has 8 heteroatoms. The van der Waals surface area contributed by atoms with E-state index in [9.17, 15) is 9.59 Å². The summed E-state index contributed by atoms with van der Waals surface area (Å²) in [6.07, 6.45) is 1.47. The fourth-order valence-corrected chi connectivity index (χ4v) is 2.32. The number of carbonyl (C=O) groups is 2. The number of hydrogen-bond donors (Lipinski definition) is 2. The molecule has 1 saturated heterocycles. The summed E-state index contributed by atoms with van der Waals surface area (Å²) in [7, 11) is 3.11. The largest absolute Gasteiger partial charge is 0.453 e. The number of hydrogen-bond acceptors (Lipinski definition) is 5. The molecule has 1 fully saturated rings. The van der Waals surface area contributed by atoms with Crippen molar-refractivity contribution in [3.8, 4) is 0 Å². The Morgan fingerprint density at radius 2 is 2.19 bits per heavy atom. The van der Waals surface area contributed by atoms with E-state index in [0.717, 1.165) is 19.5 Å². The van der Waals surface area contributed by atoms with E-state index in [1.54, 1.807) is 11.9 Å². The Kier molecular flexibility index (Phi) is 7.38. The van der Waals surface area contributed by atoms with E-state index in [2.05, 4.69) is 15.0 Å². The van der Waals surface area contributed by atoms with Gasteiger partial charge in [-0.15, -0.1) is 0 Å². The molecule has 0 aliphatic carbocycles. The number of amides is 2. The Morgan fingerprint density at radius 3 is 2.81 bits per heavy atom. The smallest absolute Gasteiger partial charge is 0.407 e. The van der Waals surface area contributed by atoms with Crippen molar-refractivity contribution in [2.45, 2.75) is 25.3 Å². The molecular formula is C13H24N4O3S. The molecule has 21 heavy (non-hydrogen) atoms. The van der Waals surface area contributed by atoms with Gasteiger partial charge in [0.2, 0.25) is 5.91 Å². The van der Waals surface area contributed by atoms with Gasteiger partial charge in [0.25, 0.3) is 0 Å². The number of alkyl carbamates (subject to hydrolysis) is 1. The second-order valence-electron chi connectivity index (χ2n) is 5.20. The average Bonchev–Trinajstić information content (AvgIpc) is 2.89. The molecule has 0 spiro atoms. The third kappa shape index (κ3) is 6.72. The number of nitrogens with zero attached hydrogens (tertiary/aromatic N) is 2. The third-order valence-corrected chi connectivity index (χ3v) is 3.75. The van der Waals surface area contributed by atoms with Crippen LogP contribution >= 0.6 is 12.2 Å². The van der Waals surface area contributed by atoms with Crippen molar-refractivity contribution < 1.29 is 14.3 Å². The quantitative estimate of drug-likeness (QED) is 0.640. The van der Waals surface area contributed by atoms with E-state index >= 15 is 0 Å². The maximum atomic E-state index is 11.9. The molecule has 3 N–H and O–H groups in total. The highest BCUT2D eigenvalue weighted by Gasteiger charge is 2.24. The van der Waals surface area contributed by atoms with Gasteiger partial charge in [0.15, 0.2) is 0 Å². The zero-order valence-corrected chi connectivity index (χ0v) is 13.4. The molecule has 1 unspecified atom stereocenters. The number of carbonyl (C=O) groups excluding carboxylic acids is 2.